The monoisotopic (exact) mass is 646 g/mol. The molecule has 2 aliphatic rings. The van der Waals surface area contributed by atoms with Crippen molar-refractivity contribution >= 4 is 19.9 Å². The Balaban J connectivity index is 1.24. The Morgan fingerprint density at radius 3 is 2.09 bits per heavy atom. The van der Waals surface area contributed by atoms with Gasteiger partial charge in [-0.1, -0.05) is 52.0 Å². The van der Waals surface area contributed by atoms with Gasteiger partial charge in [-0.05, 0) is 91.9 Å². The summed E-state index contributed by atoms with van der Waals surface area (Å²) < 4.78 is 54.4. The van der Waals surface area contributed by atoms with Gasteiger partial charge in [-0.15, -0.1) is 0 Å². The zero-order valence-electron chi connectivity index (χ0n) is 27.8. The fourth-order valence-corrected chi connectivity index (χ4v) is 9.55. The van der Waals surface area contributed by atoms with E-state index in [1.165, 1.54) is 4.31 Å². The van der Waals surface area contributed by atoms with Crippen molar-refractivity contribution in [1.82, 2.24) is 19.4 Å². The molecule has 2 aromatic carbocycles. The lowest BCUT2D eigenvalue weighted by atomic mass is 9.97. The second-order valence-corrected chi connectivity index (χ2v) is 17.7. The zero-order chi connectivity index (χ0) is 32.2. The molecule has 44 heavy (non-hydrogen) atoms. The number of sulfonamides is 1. The maximum absolute atomic E-state index is 13.5. The van der Waals surface area contributed by atoms with E-state index in [4.69, 9.17) is 0 Å². The van der Waals surface area contributed by atoms with Crippen molar-refractivity contribution in [2.24, 2.45) is 5.92 Å². The number of aryl methyl sites for hydroxylation is 2. The predicted molar refractivity (Wildman–Crippen MR) is 180 cm³/mol. The molecule has 0 spiro atoms. The molecule has 0 saturated carbocycles. The fourth-order valence-electron chi connectivity index (χ4n) is 6.69. The third-order valence-electron chi connectivity index (χ3n) is 9.51. The molecule has 4 rings (SSSR count). The molecular formula is C34H54N4O4S2. The van der Waals surface area contributed by atoms with Gasteiger partial charge in [0.25, 0.3) is 0 Å². The van der Waals surface area contributed by atoms with Crippen LogP contribution < -0.4 is 5.32 Å². The Kier molecular flexibility index (Phi) is 11.7. The number of likely N-dealkylation sites (tertiary alicyclic amines) is 1. The summed E-state index contributed by atoms with van der Waals surface area (Å²) in [5.74, 6) is 1.39. The Morgan fingerprint density at radius 2 is 1.48 bits per heavy atom. The molecular weight excluding hydrogens is 593 g/mol. The van der Waals surface area contributed by atoms with Crippen LogP contribution in [0.15, 0.2) is 46.2 Å². The number of piperazine rings is 1. The smallest absolute Gasteiger partial charge is 0.243 e. The van der Waals surface area contributed by atoms with Crippen LogP contribution in [0.4, 0.5) is 0 Å². The van der Waals surface area contributed by atoms with Crippen molar-refractivity contribution < 1.29 is 16.8 Å². The van der Waals surface area contributed by atoms with Gasteiger partial charge >= 0.3 is 0 Å². The summed E-state index contributed by atoms with van der Waals surface area (Å²) in [6, 6.07) is 11.7. The van der Waals surface area contributed by atoms with Crippen LogP contribution in [0, 0.1) is 19.8 Å². The van der Waals surface area contributed by atoms with Gasteiger partial charge in [0.2, 0.25) is 10.0 Å². The van der Waals surface area contributed by atoms with E-state index >= 15 is 0 Å². The van der Waals surface area contributed by atoms with Crippen LogP contribution in [0.5, 0.6) is 0 Å². The van der Waals surface area contributed by atoms with E-state index in [1.807, 2.05) is 38.1 Å². The van der Waals surface area contributed by atoms with E-state index in [2.05, 4.69) is 42.8 Å². The van der Waals surface area contributed by atoms with E-state index in [0.717, 1.165) is 67.9 Å². The minimum Gasteiger partial charge on any atom is -0.311 e. The van der Waals surface area contributed by atoms with E-state index in [1.54, 1.807) is 19.2 Å². The molecule has 246 valence electrons. The quantitative estimate of drug-likeness (QED) is 0.340. The molecule has 2 heterocycles. The number of rotatable bonds is 13. The highest BCUT2D eigenvalue weighted by molar-refractivity contribution is 7.91. The topological polar surface area (TPSA) is 90.0 Å². The van der Waals surface area contributed by atoms with Gasteiger partial charge < -0.3 is 15.1 Å². The average Bonchev–Trinajstić information content (AvgIpc) is 3.44. The molecule has 0 radical (unpaired) electrons. The first-order valence-electron chi connectivity index (χ1n) is 16.3. The lowest BCUT2D eigenvalue weighted by Crippen LogP contribution is -2.54. The lowest BCUT2D eigenvalue weighted by Gasteiger charge is -2.36. The van der Waals surface area contributed by atoms with Crippen LogP contribution in [0.1, 0.15) is 74.6 Å². The summed E-state index contributed by atoms with van der Waals surface area (Å²) in [5, 5.41) is 3.70. The summed E-state index contributed by atoms with van der Waals surface area (Å²) in [6.45, 7) is 18.9. The van der Waals surface area contributed by atoms with Crippen molar-refractivity contribution in [2.45, 2.75) is 82.1 Å². The van der Waals surface area contributed by atoms with Crippen LogP contribution in [0.2, 0.25) is 0 Å². The lowest BCUT2D eigenvalue weighted by molar-refractivity contribution is 0.164. The maximum atomic E-state index is 13.5. The average molecular weight is 647 g/mol. The normalized spacial score (nSPS) is 20.8. The van der Waals surface area contributed by atoms with Crippen molar-refractivity contribution in [3.63, 3.8) is 0 Å². The number of nitrogens with zero attached hydrogens (tertiary/aromatic N) is 3. The number of nitrogens with one attached hydrogen (secondary N) is 1. The summed E-state index contributed by atoms with van der Waals surface area (Å²) in [5.41, 5.74) is 3.94. The molecule has 10 heteroatoms. The molecule has 0 aromatic heterocycles. The van der Waals surface area contributed by atoms with Gasteiger partial charge in [-0.2, -0.15) is 4.31 Å². The zero-order valence-corrected chi connectivity index (χ0v) is 29.5. The second kappa shape index (κ2) is 14.7. The molecule has 2 aromatic rings. The van der Waals surface area contributed by atoms with Gasteiger partial charge in [0, 0.05) is 52.4 Å². The maximum Gasteiger partial charge on any atom is 0.243 e. The van der Waals surface area contributed by atoms with Gasteiger partial charge in [0.05, 0.1) is 15.5 Å². The Hall–Kier alpha value is -1.82. The molecule has 0 bridgehead atoms. The van der Waals surface area contributed by atoms with E-state index in [-0.39, 0.29) is 5.75 Å². The van der Waals surface area contributed by atoms with Crippen LogP contribution in [0.25, 0.3) is 0 Å². The number of sulfone groups is 1. The highest BCUT2D eigenvalue weighted by Crippen LogP contribution is 2.28. The first-order chi connectivity index (χ1) is 20.7. The highest BCUT2D eigenvalue weighted by Gasteiger charge is 2.33. The summed E-state index contributed by atoms with van der Waals surface area (Å²) in [4.78, 5) is 5.64. The molecule has 0 aliphatic carbocycles. The highest BCUT2D eigenvalue weighted by atomic mass is 32.2. The molecule has 2 aliphatic heterocycles. The van der Waals surface area contributed by atoms with Crippen molar-refractivity contribution in [3.05, 3.63) is 58.7 Å². The minimum absolute atomic E-state index is 0.164. The third-order valence-corrected chi connectivity index (χ3v) is 13.5. The van der Waals surface area contributed by atoms with Crippen molar-refractivity contribution in [3.8, 4) is 0 Å². The SMILES string of the molecule is Cc1cc(C(C)C)cc(C)c1S(=O)(=O)N(C)CCN1CCC(C2CN(CCCS(=O)(=O)c3ccc(C(C)C)cc3)CCN2)C1. The Bertz CT molecular complexity index is 1450. The summed E-state index contributed by atoms with van der Waals surface area (Å²) in [7, 11) is -5.17. The summed E-state index contributed by atoms with van der Waals surface area (Å²) in [6.07, 6.45) is 1.70. The number of hydrogen-bond donors (Lipinski definition) is 1. The molecule has 2 atom stereocenters. The van der Waals surface area contributed by atoms with E-state index < -0.39 is 19.9 Å². The molecule has 2 fully saturated rings. The molecule has 2 unspecified atom stereocenters. The first-order valence-corrected chi connectivity index (χ1v) is 19.4. The van der Waals surface area contributed by atoms with Gasteiger partial charge in [0.15, 0.2) is 9.84 Å². The second-order valence-electron chi connectivity index (χ2n) is 13.6. The van der Waals surface area contributed by atoms with Gasteiger partial charge in [0.1, 0.15) is 0 Å². The van der Waals surface area contributed by atoms with E-state index in [9.17, 15) is 16.8 Å². The fraction of sp³-hybridized carbons (Fsp3) is 0.647. The van der Waals surface area contributed by atoms with Crippen LogP contribution in [-0.2, 0) is 19.9 Å². The molecule has 1 N–H and O–H groups in total. The number of hydrogen-bond acceptors (Lipinski definition) is 7. The minimum atomic E-state index is -3.57. The largest absolute Gasteiger partial charge is 0.311 e. The molecule has 8 nitrogen and oxygen atoms in total. The van der Waals surface area contributed by atoms with Crippen molar-refractivity contribution in [1.29, 1.82) is 0 Å². The molecule has 2 saturated heterocycles. The number of likely N-dealkylation sites (N-methyl/N-ethyl adjacent to an activating group) is 1. The van der Waals surface area contributed by atoms with Crippen LogP contribution in [0.3, 0.4) is 0 Å². The summed E-state index contributed by atoms with van der Waals surface area (Å²) >= 11 is 0. The van der Waals surface area contributed by atoms with Gasteiger partial charge in [-0.3, -0.25) is 0 Å². The van der Waals surface area contributed by atoms with Crippen molar-refractivity contribution in [2.75, 3.05) is 65.2 Å². The standard InChI is InChI=1S/C34H54N4O4S2/c1-25(2)29-9-11-32(12-10-29)43(39,40)20-8-15-37-17-14-35-33(24-37)30-13-16-38(23-30)19-18-36(7)44(41,42)34-27(5)21-31(26(3)4)22-28(34)6/h9-12,21-22,25-26,30,33,35H,8,13-20,23-24H2,1-7H3. The van der Waals surface area contributed by atoms with Crippen LogP contribution >= 0.6 is 0 Å². The predicted octanol–water partition coefficient (Wildman–Crippen LogP) is 4.63. The first kappa shape index (κ1) is 35.0. The van der Waals surface area contributed by atoms with Gasteiger partial charge in [-0.25, -0.2) is 16.8 Å². The Labute approximate surface area is 267 Å². The third kappa shape index (κ3) is 8.50. The molecule has 0 amide bonds. The Morgan fingerprint density at radius 1 is 0.864 bits per heavy atom. The van der Waals surface area contributed by atoms with Crippen LogP contribution in [-0.4, -0.2) is 102 Å². The number of benzene rings is 2. The van der Waals surface area contributed by atoms with E-state index in [0.29, 0.717) is 53.1 Å².